The van der Waals surface area contributed by atoms with Crippen LogP contribution in [0, 0.1) is 3.57 Å². The molecule has 0 spiro atoms. The number of hydrogen-bond acceptors (Lipinski definition) is 23. The van der Waals surface area contributed by atoms with Crippen molar-refractivity contribution in [3.05, 3.63) is 136 Å². The minimum absolute atomic E-state index is 0.0127. The molecular formula is C65H96BIO23. The van der Waals surface area contributed by atoms with Crippen LogP contribution >= 0.6 is 22.6 Å². The molecule has 2 N–H and O–H groups in total. The molecule has 0 atom stereocenters. The number of halogens is 1. The first-order chi connectivity index (χ1) is 43.3. The molecule has 504 valence electrons. The van der Waals surface area contributed by atoms with Crippen LogP contribution in [0.15, 0.2) is 122 Å². The minimum Gasteiger partial charge on any atom is -0.499 e. The van der Waals surface area contributed by atoms with Crippen LogP contribution in [-0.2, 0) is 103 Å². The highest BCUT2D eigenvalue weighted by Crippen LogP contribution is 2.36. The quantitative estimate of drug-likeness (QED) is 0.00835. The molecule has 0 amide bonds. The average Bonchev–Trinajstić information content (AvgIpc) is 1.72. The normalized spacial score (nSPS) is 12.2. The van der Waals surface area contributed by atoms with Crippen molar-refractivity contribution in [1.82, 2.24) is 0 Å². The Morgan fingerprint density at radius 2 is 0.822 bits per heavy atom. The van der Waals surface area contributed by atoms with Crippen LogP contribution in [0.25, 0.3) is 0 Å². The summed E-state index contributed by atoms with van der Waals surface area (Å²) in [6.45, 7) is 16.9. The highest BCUT2D eigenvalue weighted by Gasteiger charge is 2.51. The first-order valence-corrected chi connectivity index (χ1v) is 30.3. The predicted octanol–water partition coefficient (Wildman–Crippen LogP) is 7.83. The molecule has 5 rings (SSSR count). The largest absolute Gasteiger partial charge is 0.499 e. The highest BCUT2D eigenvalue weighted by molar-refractivity contribution is 14.1. The average molecular weight is 1380 g/mol. The Kier molecular flexibility index (Phi) is 51.7. The van der Waals surface area contributed by atoms with Crippen LogP contribution in [0.1, 0.15) is 77.8 Å². The van der Waals surface area contributed by atoms with Gasteiger partial charge in [0.15, 0.2) is 0 Å². The molecule has 0 unspecified atom stereocenters. The maximum Gasteiger partial charge on any atom is 0.494 e. The van der Waals surface area contributed by atoms with Crippen LogP contribution in [0.5, 0.6) is 11.5 Å². The Morgan fingerprint density at radius 3 is 1.21 bits per heavy atom. The summed E-state index contributed by atoms with van der Waals surface area (Å²) in [5, 5.41) is 16.7. The second kappa shape index (κ2) is 55.6. The lowest BCUT2D eigenvalue weighted by Gasteiger charge is -2.32. The van der Waals surface area contributed by atoms with Crippen LogP contribution in [0.4, 0.5) is 0 Å². The standard InChI is InChI=1S/C18H27BO6.C13H16O4.C12H15IO4.C9H12O2.C7H14O3.C6H12O4/c1-17(2)18(3,4)25-19(24-17)14-6-8-15(9-7-14)23-13-12-22-11-10-16(20)21-5;1-15-13(14)7-8-16-9-10-17-11-12-5-3-2-4-6-12;1-15-12(14)6-7-16-8-9-17-11-4-2-10(13)3-5-11;10-6-7-11-8-9-4-2-1-3-5-9;1-3-5-10-6-4-7(8)9-2;1-9-6(8)2-4-10-5-3-7/h6-9H,10-13H2,1-5H3;2-8H,9-11H2,1H3;2-5H,6-9H2,1H3;1-5,10H,6-8H2;3-6H2,1-2H3;7H,2-5H2,1H3/b;8-7+;;;;. The Bertz CT molecular complexity index is 2390. The molecule has 23 nitrogen and oxygen atoms in total. The van der Waals surface area contributed by atoms with Gasteiger partial charge in [-0.1, -0.05) is 79.7 Å². The topological polar surface area (TPSA) is 273 Å². The summed E-state index contributed by atoms with van der Waals surface area (Å²) in [7, 11) is 6.37. The molecule has 4 aromatic rings. The Morgan fingerprint density at radius 1 is 0.456 bits per heavy atom. The highest BCUT2D eigenvalue weighted by atomic mass is 127. The van der Waals surface area contributed by atoms with Gasteiger partial charge in [0.2, 0.25) is 0 Å². The molecule has 0 aromatic heterocycles. The van der Waals surface area contributed by atoms with Gasteiger partial charge in [-0.05, 0) is 110 Å². The van der Waals surface area contributed by atoms with E-state index in [1.807, 2.05) is 144 Å². The van der Waals surface area contributed by atoms with E-state index in [-0.39, 0.29) is 81.3 Å². The number of carbonyl (C=O) groups excluding carboxylic acids is 5. The number of ether oxygens (including phenoxy) is 14. The van der Waals surface area contributed by atoms with Crippen molar-refractivity contribution in [3.63, 3.8) is 0 Å². The first kappa shape index (κ1) is 83.8. The minimum atomic E-state index is -0.435. The predicted molar refractivity (Wildman–Crippen MR) is 346 cm³/mol. The van der Waals surface area contributed by atoms with E-state index in [2.05, 4.69) is 46.3 Å². The van der Waals surface area contributed by atoms with Gasteiger partial charge in [-0.25, -0.2) is 4.79 Å². The number of hydrogen-bond donors (Lipinski definition) is 2. The van der Waals surface area contributed by atoms with Crippen LogP contribution in [0.2, 0.25) is 0 Å². The zero-order valence-corrected chi connectivity index (χ0v) is 56.2. The summed E-state index contributed by atoms with van der Waals surface area (Å²) in [4.78, 5) is 53.2. The number of carbonyl (C=O) groups is 5. The van der Waals surface area contributed by atoms with Gasteiger partial charge in [0.1, 0.15) is 31.3 Å². The third-order valence-electron chi connectivity index (χ3n) is 11.8. The van der Waals surface area contributed by atoms with Crippen molar-refractivity contribution in [2.75, 3.05) is 135 Å². The molecular weight excluding hydrogens is 1290 g/mol. The number of methoxy groups -OCH3 is 5. The van der Waals surface area contributed by atoms with Gasteiger partial charge in [0, 0.05) is 10.2 Å². The van der Waals surface area contributed by atoms with E-state index in [1.54, 1.807) is 0 Å². The first-order valence-electron chi connectivity index (χ1n) is 29.2. The van der Waals surface area contributed by atoms with Crippen molar-refractivity contribution in [3.8, 4) is 11.5 Å². The molecule has 1 heterocycles. The van der Waals surface area contributed by atoms with Crippen molar-refractivity contribution in [2.45, 2.75) is 91.1 Å². The fourth-order valence-electron chi connectivity index (χ4n) is 6.26. The molecule has 0 saturated carbocycles. The summed E-state index contributed by atoms with van der Waals surface area (Å²) in [6.07, 6.45) is 4.64. The van der Waals surface area contributed by atoms with Crippen LogP contribution in [0.3, 0.4) is 0 Å². The van der Waals surface area contributed by atoms with Crippen molar-refractivity contribution in [2.24, 2.45) is 0 Å². The van der Waals surface area contributed by atoms with Crippen LogP contribution in [-0.4, -0.2) is 193 Å². The summed E-state index contributed by atoms with van der Waals surface area (Å²) in [5.41, 5.74) is 2.52. The maximum absolute atomic E-state index is 10.9. The van der Waals surface area contributed by atoms with E-state index in [0.717, 1.165) is 41.1 Å². The van der Waals surface area contributed by atoms with E-state index in [9.17, 15) is 24.0 Å². The molecule has 4 aromatic carbocycles. The molecule has 1 fully saturated rings. The third kappa shape index (κ3) is 45.9. The van der Waals surface area contributed by atoms with Gasteiger partial charge in [0.25, 0.3) is 0 Å². The molecule has 90 heavy (non-hydrogen) atoms. The fourth-order valence-corrected chi connectivity index (χ4v) is 6.61. The fraction of sp³-hybridized carbons (Fsp3) is 0.523. The van der Waals surface area contributed by atoms with Gasteiger partial charge in [-0.3, -0.25) is 19.2 Å². The Labute approximate surface area is 545 Å². The summed E-state index contributed by atoms with van der Waals surface area (Å²) in [5.74, 6) is 0.0887. The molecule has 0 bridgehead atoms. The molecule has 0 aliphatic carbocycles. The van der Waals surface area contributed by atoms with E-state index in [0.29, 0.717) is 92.3 Å². The molecule has 1 aliphatic heterocycles. The van der Waals surface area contributed by atoms with E-state index < -0.39 is 5.97 Å². The summed E-state index contributed by atoms with van der Waals surface area (Å²) < 4.78 is 82.4. The van der Waals surface area contributed by atoms with Crippen molar-refractivity contribution >= 4 is 65.0 Å². The number of aliphatic hydroxyl groups excluding tert-OH is 2. The van der Waals surface area contributed by atoms with Crippen LogP contribution < -0.4 is 14.9 Å². The van der Waals surface area contributed by atoms with E-state index >= 15 is 0 Å². The molecule has 1 aliphatic rings. The smallest absolute Gasteiger partial charge is 0.494 e. The second-order valence-corrected chi connectivity index (χ2v) is 20.5. The molecule has 25 heteroatoms. The summed E-state index contributed by atoms with van der Waals surface area (Å²) >= 11 is 2.24. The van der Waals surface area contributed by atoms with Gasteiger partial charge in [0.05, 0.1) is 171 Å². The summed E-state index contributed by atoms with van der Waals surface area (Å²) in [6, 6.07) is 35.2. The van der Waals surface area contributed by atoms with E-state index in [4.69, 9.17) is 62.2 Å². The zero-order chi connectivity index (χ0) is 66.9. The van der Waals surface area contributed by atoms with Gasteiger partial charge < -0.3 is 85.8 Å². The van der Waals surface area contributed by atoms with Gasteiger partial charge in [-0.2, -0.15) is 0 Å². The lowest BCUT2D eigenvalue weighted by Crippen LogP contribution is -2.41. The number of esters is 5. The molecule has 1 saturated heterocycles. The SMILES string of the molecule is CCCOCCC(=O)OC.COC(=O)/C=C/OCCOCc1ccccc1.COC(=O)CCOCCO.COC(=O)CCOCCOc1ccc(B2OC(C)(C)C(C)(C)O2)cc1.COC(=O)CCOCCOc1ccc(I)cc1.OCCOCc1ccccc1. The maximum atomic E-state index is 10.9. The lowest BCUT2D eigenvalue weighted by molar-refractivity contribution is -0.142. The van der Waals surface area contributed by atoms with Gasteiger partial charge >= 0.3 is 37.0 Å². The number of benzene rings is 4. The Balaban J connectivity index is 0.00000109. The number of rotatable bonds is 36. The number of aliphatic hydroxyl groups is 2. The van der Waals surface area contributed by atoms with Crippen molar-refractivity contribution in [1.29, 1.82) is 0 Å². The molecule has 0 radical (unpaired) electrons. The van der Waals surface area contributed by atoms with Crippen molar-refractivity contribution < 1.29 is 110 Å². The van der Waals surface area contributed by atoms with Gasteiger partial charge in [-0.15, -0.1) is 0 Å². The van der Waals surface area contributed by atoms with E-state index in [1.165, 1.54) is 51.5 Å². The zero-order valence-electron chi connectivity index (χ0n) is 54.0. The third-order valence-corrected chi connectivity index (χ3v) is 12.5. The monoisotopic (exact) mass is 1380 g/mol. The lowest BCUT2D eigenvalue weighted by atomic mass is 9.79. The Hall–Kier alpha value is -6.24. The second-order valence-electron chi connectivity index (χ2n) is 19.3.